The molecule has 0 amide bonds. The van der Waals surface area contributed by atoms with Gasteiger partial charge in [0.15, 0.2) is 23.0 Å². The van der Waals surface area contributed by atoms with Gasteiger partial charge in [-0.05, 0) is 54.0 Å². The molecular formula is C23H26N2O5S. The van der Waals surface area contributed by atoms with Gasteiger partial charge in [0.1, 0.15) is 11.1 Å². The summed E-state index contributed by atoms with van der Waals surface area (Å²) in [6.45, 7) is 2.28. The number of benzene rings is 2. The van der Waals surface area contributed by atoms with Crippen LogP contribution in [0, 0.1) is 18.3 Å². The van der Waals surface area contributed by atoms with Crippen LogP contribution in [-0.4, -0.2) is 40.5 Å². The molecule has 8 heteroatoms. The van der Waals surface area contributed by atoms with E-state index < -0.39 is 0 Å². The van der Waals surface area contributed by atoms with E-state index >= 15 is 0 Å². The van der Waals surface area contributed by atoms with Crippen molar-refractivity contribution in [1.29, 1.82) is 5.26 Å². The zero-order chi connectivity index (χ0) is 23.0. The summed E-state index contributed by atoms with van der Waals surface area (Å²) in [6, 6.07) is 9.50. The topological polar surface area (TPSA) is 82.0 Å². The van der Waals surface area contributed by atoms with Gasteiger partial charge in [-0.15, -0.1) is 0 Å². The number of aryl methyl sites for hydroxylation is 1. The molecule has 2 aromatic carbocycles. The minimum absolute atomic E-state index is 0.323. The molecule has 0 aromatic heterocycles. The Balaban J connectivity index is 2.25. The molecule has 0 aliphatic heterocycles. The van der Waals surface area contributed by atoms with E-state index in [2.05, 4.69) is 11.4 Å². The van der Waals surface area contributed by atoms with Crippen LogP contribution in [0.15, 0.2) is 29.8 Å². The third-order valence-electron chi connectivity index (χ3n) is 4.54. The van der Waals surface area contributed by atoms with Crippen LogP contribution in [0.1, 0.15) is 16.7 Å². The van der Waals surface area contributed by atoms with Gasteiger partial charge in [0.25, 0.3) is 0 Å². The molecule has 31 heavy (non-hydrogen) atoms. The molecule has 0 aliphatic rings. The Hall–Kier alpha value is -3.44. The van der Waals surface area contributed by atoms with E-state index in [9.17, 15) is 5.26 Å². The zero-order valence-corrected chi connectivity index (χ0v) is 19.3. The molecule has 0 fully saturated rings. The van der Waals surface area contributed by atoms with Gasteiger partial charge in [-0.1, -0.05) is 12.2 Å². The van der Waals surface area contributed by atoms with E-state index in [4.69, 9.17) is 35.9 Å². The normalized spacial score (nSPS) is 10.7. The quantitative estimate of drug-likeness (QED) is 0.354. The summed E-state index contributed by atoms with van der Waals surface area (Å²) in [6.07, 6.45) is 1.71. The predicted molar refractivity (Wildman–Crippen MR) is 123 cm³/mol. The molecule has 0 aliphatic carbocycles. The molecule has 0 radical (unpaired) electrons. The molecule has 1 N–H and O–H groups in total. The number of ether oxygens (including phenoxy) is 5. The van der Waals surface area contributed by atoms with E-state index in [-0.39, 0.29) is 0 Å². The van der Waals surface area contributed by atoms with Gasteiger partial charge in [0.05, 0.1) is 41.1 Å². The van der Waals surface area contributed by atoms with Crippen molar-refractivity contribution >= 4 is 23.3 Å². The number of nitrogens with zero attached hydrogens (tertiary/aromatic N) is 1. The predicted octanol–water partition coefficient (Wildman–Crippen LogP) is 4.06. The second kappa shape index (κ2) is 11.1. The molecule has 2 aromatic rings. The Morgan fingerprint density at radius 1 is 0.903 bits per heavy atom. The van der Waals surface area contributed by atoms with Gasteiger partial charge in [-0.25, -0.2) is 0 Å². The first-order valence-electron chi connectivity index (χ1n) is 9.33. The molecule has 0 heterocycles. The molecular weight excluding hydrogens is 416 g/mol. The van der Waals surface area contributed by atoms with Gasteiger partial charge >= 0.3 is 0 Å². The smallest absolute Gasteiger partial charge is 0.203 e. The van der Waals surface area contributed by atoms with Crippen LogP contribution in [0.5, 0.6) is 28.7 Å². The number of hydrogen-bond donors (Lipinski definition) is 1. The van der Waals surface area contributed by atoms with Crippen LogP contribution in [0.2, 0.25) is 0 Å². The lowest BCUT2D eigenvalue weighted by Gasteiger charge is -2.15. The minimum Gasteiger partial charge on any atom is -0.493 e. The fourth-order valence-corrected chi connectivity index (χ4v) is 3.27. The van der Waals surface area contributed by atoms with Gasteiger partial charge < -0.3 is 29.0 Å². The average molecular weight is 443 g/mol. The van der Waals surface area contributed by atoms with Crippen LogP contribution in [0.3, 0.4) is 0 Å². The molecule has 0 spiro atoms. The lowest BCUT2D eigenvalue weighted by atomic mass is 10.1. The number of nitrogens with one attached hydrogen (secondary N) is 1. The number of rotatable bonds is 9. The van der Waals surface area contributed by atoms with E-state index in [0.717, 1.165) is 16.7 Å². The second-order valence-corrected chi connectivity index (χ2v) is 6.87. The fraction of sp³-hybridized carbons (Fsp3) is 0.304. The molecule has 7 nitrogen and oxygen atoms in total. The summed E-state index contributed by atoms with van der Waals surface area (Å²) < 4.78 is 26.8. The third-order valence-corrected chi connectivity index (χ3v) is 4.90. The first-order chi connectivity index (χ1) is 14.9. The largest absolute Gasteiger partial charge is 0.493 e. The Kier molecular flexibility index (Phi) is 8.53. The number of thiocarbonyl (C=S) groups is 1. The van der Waals surface area contributed by atoms with Crippen LogP contribution in [0.4, 0.5) is 0 Å². The van der Waals surface area contributed by atoms with E-state index in [1.165, 1.54) is 0 Å². The summed E-state index contributed by atoms with van der Waals surface area (Å²) >= 11 is 5.44. The number of nitriles is 1. The number of hydrogen-bond acceptors (Lipinski definition) is 7. The third kappa shape index (κ3) is 5.58. The van der Waals surface area contributed by atoms with E-state index in [1.807, 2.05) is 25.1 Å². The standard InChI is InChI=1S/C23H26N2O5S/c1-14-7-15(9-18(26-2)21(14)29-5)8-17(12-24)23(31)25-13-16-10-19(27-3)22(30-6)20(11-16)28-4/h7-11H,13H2,1-6H3,(H,25,31). The molecule has 0 bridgehead atoms. The summed E-state index contributed by atoms with van der Waals surface area (Å²) in [5, 5.41) is 12.7. The molecule has 0 saturated carbocycles. The van der Waals surface area contributed by atoms with Gasteiger partial charge in [0.2, 0.25) is 5.75 Å². The highest BCUT2D eigenvalue weighted by molar-refractivity contribution is 7.80. The van der Waals surface area contributed by atoms with Gasteiger partial charge in [0, 0.05) is 6.54 Å². The highest BCUT2D eigenvalue weighted by Crippen LogP contribution is 2.38. The Bertz CT molecular complexity index is 1000. The monoisotopic (exact) mass is 442 g/mol. The summed E-state index contributed by atoms with van der Waals surface area (Å²) in [4.78, 5) is 0.323. The van der Waals surface area contributed by atoms with Gasteiger partial charge in [-0.3, -0.25) is 0 Å². The average Bonchev–Trinajstić information content (AvgIpc) is 2.79. The highest BCUT2D eigenvalue weighted by atomic mass is 32.1. The van der Waals surface area contributed by atoms with Crippen molar-refractivity contribution in [3.05, 3.63) is 46.5 Å². The van der Waals surface area contributed by atoms with Crippen molar-refractivity contribution in [2.75, 3.05) is 35.5 Å². The van der Waals surface area contributed by atoms with Crippen molar-refractivity contribution < 1.29 is 23.7 Å². The Morgan fingerprint density at radius 3 is 1.94 bits per heavy atom. The summed E-state index contributed by atoms with van der Waals surface area (Å²) in [5.74, 6) is 2.84. The Morgan fingerprint density at radius 2 is 1.45 bits per heavy atom. The van der Waals surface area contributed by atoms with Crippen molar-refractivity contribution in [3.63, 3.8) is 0 Å². The second-order valence-electron chi connectivity index (χ2n) is 6.46. The molecule has 0 unspecified atom stereocenters. The van der Waals surface area contributed by atoms with Crippen LogP contribution >= 0.6 is 12.2 Å². The highest BCUT2D eigenvalue weighted by Gasteiger charge is 2.14. The molecule has 0 atom stereocenters. The van der Waals surface area contributed by atoms with Crippen LogP contribution in [-0.2, 0) is 6.54 Å². The maximum Gasteiger partial charge on any atom is 0.203 e. The Labute approximate surface area is 188 Å². The van der Waals surface area contributed by atoms with Crippen LogP contribution in [0.25, 0.3) is 6.08 Å². The molecule has 164 valence electrons. The van der Waals surface area contributed by atoms with Crippen molar-refractivity contribution in [2.24, 2.45) is 0 Å². The maximum atomic E-state index is 9.63. The van der Waals surface area contributed by atoms with Crippen molar-refractivity contribution in [3.8, 4) is 34.8 Å². The fourth-order valence-electron chi connectivity index (χ4n) is 3.10. The first-order valence-corrected chi connectivity index (χ1v) is 9.74. The number of methoxy groups -OCH3 is 5. The zero-order valence-electron chi connectivity index (χ0n) is 18.5. The van der Waals surface area contributed by atoms with E-state index in [1.54, 1.807) is 47.7 Å². The maximum absolute atomic E-state index is 9.63. The lowest BCUT2D eigenvalue weighted by Crippen LogP contribution is -2.22. The SMILES string of the molecule is COc1cc(C=C(C#N)C(=S)NCc2cc(OC)c(OC)c(OC)c2)cc(C)c1OC. The first kappa shape index (κ1) is 23.8. The minimum atomic E-state index is 0.323. The van der Waals surface area contributed by atoms with Gasteiger partial charge in [-0.2, -0.15) is 5.26 Å². The van der Waals surface area contributed by atoms with Crippen LogP contribution < -0.4 is 29.0 Å². The van der Waals surface area contributed by atoms with E-state index in [0.29, 0.717) is 45.9 Å². The molecule has 0 saturated heterocycles. The molecule has 2 rings (SSSR count). The van der Waals surface area contributed by atoms with Crippen molar-refractivity contribution in [1.82, 2.24) is 5.32 Å². The summed E-state index contributed by atoms with van der Waals surface area (Å²) in [7, 11) is 7.82. The van der Waals surface area contributed by atoms with Crippen molar-refractivity contribution in [2.45, 2.75) is 13.5 Å². The summed E-state index contributed by atoms with van der Waals surface area (Å²) in [5.41, 5.74) is 2.86. The lowest BCUT2D eigenvalue weighted by molar-refractivity contribution is 0.323.